The number of likely N-dealkylation sites (tertiary alicyclic amines) is 1. The third-order valence-corrected chi connectivity index (χ3v) is 3.14. The van der Waals surface area contributed by atoms with Crippen molar-refractivity contribution in [2.24, 2.45) is 11.7 Å². The Morgan fingerprint density at radius 2 is 1.89 bits per heavy atom. The van der Waals surface area contributed by atoms with Crippen LogP contribution in [0.4, 0.5) is 4.79 Å². The molecule has 96 valence electrons. The summed E-state index contributed by atoms with van der Waals surface area (Å²) in [6.07, 6.45) is 1.14. The van der Waals surface area contributed by atoms with Gasteiger partial charge >= 0.3 is 6.09 Å². The van der Waals surface area contributed by atoms with Crippen molar-refractivity contribution >= 4 is 11.9 Å². The summed E-state index contributed by atoms with van der Waals surface area (Å²) >= 11 is 0. The fourth-order valence-corrected chi connectivity index (χ4v) is 2.03. The summed E-state index contributed by atoms with van der Waals surface area (Å²) < 4.78 is 5.25. The second-order valence-corrected chi connectivity index (χ2v) is 4.40. The number of amides is 1. The van der Waals surface area contributed by atoms with Crippen molar-refractivity contribution in [1.82, 2.24) is 4.90 Å². The molecule has 1 aromatic carbocycles. The molecule has 1 aliphatic heterocycles. The highest BCUT2D eigenvalue weighted by Gasteiger charge is 2.25. The van der Waals surface area contributed by atoms with Crippen LogP contribution in [0.5, 0.6) is 5.75 Å². The number of ether oxygens (including phenoxy) is 1. The lowest BCUT2D eigenvalue weighted by atomic mass is 9.96. The topological polar surface area (TPSA) is 79.4 Å². The molecule has 0 radical (unpaired) electrons. The maximum atomic E-state index is 11.9. The molecule has 0 aliphatic carbocycles. The van der Waals surface area contributed by atoms with Crippen LogP contribution in [0.3, 0.4) is 0 Å². The van der Waals surface area contributed by atoms with Gasteiger partial charge in [-0.3, -0.25) is 5.41 Å². The Morgan fingerprint density at radius 3 is 2.44 bits per heavy atom. The van der Waals surface area contributed by atoms with Crippen LogP contribution in [-0.2, 0) is 0 Å². The first-order valence-corrected chi connectivity index (χ1v) is 6.02. The summed E-state index contributed by atoms with van der Waals surface area (Å²) in [6, 6.07) is 9.02. The predicted octanol–water partition coefficient (Wildman–Crippen LogP) is 1.83. The molecule has 0 unspecified atom stereocenters. The zero-order valence-corrected chi connectivity index (χ0v) is 10.1. The van der Waals surface area contributed by atoms with Gasteiger partial charge < -0.3 is 15.4 Å². The van der Waals surface area contributed by atoms with Crippen LogP contribution in [0.1, 0.15) is 12.8 Å². The van der Waals surface area contributed by atoms with Gasteiger partial charge in [-0.15, -0.1) is 0 Å². The Labute approximate surface area is 106 Å². The minimum atomic E-state index is -0.330. The summed E-state index contributed by atoms with van der Waals surface area (Å²) in [5.74, 6) is 0.869. The summed E-state index contributed by atoms with van der Waals surface area (Å²) in [7, 11) is 0. The molecule has 0 atom stereocenters. The number of nitrogens with zero attached hydrogens (tertiary/aromatic N) is 1. The molecule has 1 amide bonds. The van der Waals surface area contributed by atoms with Gasteiger partial charge in [-0.2, -0.15) is 0 Å². The number of para-hydroxylation sites is 1. The van der Waals surface area contributed by atoms with E-state index < -0.39 is 0 Å². The molecule has 18 heavy (non-hydrogen) atoms. The maximum absolute atomic E-state index is 11.9. The quantitative estimate of drug-likeness (QED) is 0.618. The van der Waals surface area contributed by atoms with E-state index in [1.54, 1.807) is 17.0 Å². The number of benzene rings is 1. The number of carbonyl (C=O) groups excluding carboxylic acids is 1. The minimum Gasteiger partial charge on any atom is -0.410 e. The first-order chi connectivity index (χ1) is 8.66. The Balaban J connectivity index is 1.86. The predicted molar refractivity (Wildman–Crippen MR) is 68.7 cm³/mol. The highest BCUT2D eigenvalue weighted by atomic mass is 16.6. The molecule has 2 rings (SSSR count). The molecule has 1 saturated heterocycles. The largest absolute Gasteiger partial charge is 0.415 e. The van der Waals surface area contributed by atoms with E-state index in [0.29, 0.717) is 18.8 Å². The maximum Gasteiger partial charge on any atom is 0.415 e. The van der Waals surface area contributed by atoms with Crippen molar-refractivity contribution in [1.29, 1.82) is 5.41 Å². The Morgan fingerprint density at radius 1 is 1.28 bits per heavy atom. The summed E-state index contributed by atoms with van der Waals surface area (Å²) in [5.41, 5.74) is 5.46. The van der Waals surface area contributed by atoms with E-state index in [-0.39, 0.29) is 17.8 Å². The standard InChI is InChI=1S/C13H17N3O2/c14-12(15)10-6-8-16(9-7-10)13(17)18-11-4-2-1-3-5-11/h1-5,10H,6-9H2,(H3,14,15). The summed E-state index contributed by atoms with van der Waals surface area (Å²) in [5, 5.41) is 7.38. The Kier molecular flexibility index (Phi) is 3.82. The normalized spacial score (nSPS) is 16.3. The van der Waals surface area contributed by atoms with E-state index >= 15 is 0 Å². The number of nitrogens with two attached hydrogens (primary N) is 1. The molecule has 0 aromatic heterocycles. The molecule has 1 heterocycles. The summed E-state index contributed by atoms with van der Waals surface area (Å²) in [4.78, 5) is 13.5. The van der Waals surface area contributed by atoms with Crippen molar-refractivity contribution < 1.29 is 9.53 Å². The first-order valence-electron chi connectivity index (χ1n) is 6.02. The molecule has 1 fully saturated rings. The van der Waals surface area contributed by atoms with E-state index in [1.807, 2.05) is 18.2 Å². The van der Waals surface area contributed by atoms with E-state index in [1.165, 1.54) is 0 Å². The zero-order chi connectivity index (χ0) is 13.0. The second-order valence-electron chi connectivity index (χ2n) is 4.40. The van der Waals surface area contributed by atoms with Crippen molar-refractivity contribution in [2.45, 2.75) is 12.8 Å². The van der Waals surface area contributed by atoms with E-state index in [2.05, 4.69) is 0 Å². The van der Waals surface area contributed by atoms with Crippen LogP contribution < -0.4 is 10.5 Å². The van der Waals surface area contributed by atoms with Crippen LogP contribution in [0.2, 0.25) is 0 Å². The molecular formula is C13H17N3O2. The van der Waals surface area contributed by atoms with E-state index in [4.69, 9.17) is 15.9 Å². The monoisotopic (exact) mass is 247 g/mol. The fraction of sp³-hybridized carbons (Fsp3) is 0.385. The van der Waals surface area contributed by atoms with Crippen molar-refractivity contribution in [2.75, 3.05) is 13.1 Å². The molecule has 5 heteroatoms. The highest BCUT2D eigenvalue weighted by Crippen LogP contribution is 2.18. The van der Waals surface area contributed by atoms with Gasteiger partial charge in [-0.1, -0.05) is 18.2 Å². The van der Waals surface area contributed by atoms with E-state index in [9.17, 15) is 4.79 Å². The van der Waals surface area contributed by atoms with Gasteiger partial charge in [0.05, 0.1) is 5.84 Å². The van der Waals surface area contributed by atoms with Crippen LogP contribution in [0.15, 0.2) is 30.3 Å². The molecule has 0 bridgehead atoms. The smallest absolute Gasteiger partial charge is 0.410 e. The van der Waals surface area contributed by atoms with Gasteiger partial charge in [0.25, 0.3) is 0 Å². The summed E-state index contributed by atoms with van der Waals surface area (Å²) in [6.45, 7) is 1.19. The molecule has 3 N–H and O–H groups in total. The molecule has 5 nitrogen and oxygen atoms in total. The van der Waals surface area contributed by atoms with Crippen molar-refractivity contribution in [3.05, 3.63) is 30.3 Å². The van der Waals surface area contributed by atoms with Gasteiger partial charge in [-0.05, 0) is 25.0 Å². The van der Waals surface area contributed by atoms with Crippen molar-refractivity contribution in [3.63, 3.8) is 0 Å². The number of piperidine rings is 1. The number of rotatable bonds is 2. The minimum absolute atomic E-state index is 0.103. The Hall–Kier alpha value is -2.04. The second kappa shape index (κ2) is 5.53. The average molecular weight is 247 g/mol. The van der Waals surface area contributed by atoms with Crippen LogP contribution in [-0.4, -0.2) is 29.9 Å². The lowest BCUT2D eigenvalue weighted by Gasteiger charge is -2.30. The van der Waals surface area contributed by atoms with Gasteiger partial charge in [0.15, 0.2) is 0 Å². The molecule has 0 saturated carbocycles. The third-order valence-electron chi connectivity index (χ3n) is 3.14. The van der Waals surface area contributed by atoms with Crippen LogP contribution in [0.25, 0.3) is 0 Å². The van der Waals surface area contributed by atoms with Gasteiger partial charge in [0.1, 0.15) is 5.75 Å². The molecule has 0 spiro atoms. The van der Waals surface area contributed by atoms with Gasteiger partial charge in [0.2, 0.25) is 0 Å². The highest BCUT2D eigenvalue weighted by molar-refractivity contribution is 5.80. The van der Waals surface area contributed by atoms with E-state index in [0.717, 1.165) is 12.8 Å². The number of nitrogens with one attached hydrogen (secondary N) is 1. The van der Waals surface area contributed by atoms with Crippen LogP contribution >= 0.6 is 0 Å². The molecular weight excluding hydrogens is 230 g/mol. The lowest BCUT2D eigenvalue weighted by molar-refractivity contribution is 0.137. The lowest BCUT2D eigenvalue weighted by Crippen LogP contribution is -2.42. The van der Waals surface area contributed by atoms with Crippen LogP contribution in [0, 0.1) is 11.3 Å². The number of carbonyl (C=O) groups is 1. The Bertz CT molecular complexity index is 425. The third kappa shape index (κ3) is 3.00. The average Bonchev–Trinajstić information content (AvgIpc) is 2.40. The van der Waals surface area contributed by atoms with Gasteiger partial charge in [-0.25, -0.2) is 4.79 Å². The van der Waals surface area contributed by atoms with Crippen molar-refractivity contribution in [3.8, 4) is 5.75 Å². The number of amidine groups is 1. The number of hydrogen-bond donors (Lipinski definition) is 2. The fourth-order valence-electron chi connectivity index (χ4n) is 2.03. The molecule has 1 aromatic rings. The van der Waals surface area contributed by atoms with Gasteiger partial charge in [0, 0.05) is 19.0 Å². The number of hydrogen-bond acceptors (Lipinski definition) is 3. The SMILES string of the molecule is N=C(N)C1CCN(C(=O)Oc2ccccc2)CC1. The first kappa shape index (κ1) is 12.4. The molecule has 1 aliphatic rings. The zero-order valence-electron chi connectivity index (χ0n) is 10.1.